The minimum Gasteiger partial charge on any atom is -0.483 e. The zero-order valence-electron chi connectivity index (χ0n) is 13.0. The van der Waals surface area contributed by atoms with E-state index in [1.165, 1.54) is 5.56 Å². The topological polar surface area (TPSA) is 29.5 Å². The van der Waals surface area contributed by atoms with Crippen LogP contribution in [-0.4, -0.2) is 19.6 Å². The molecule has 1 amide bonds. The average molecular weight is 283 g/mol. The van der Waals surface area contributed by atoms with E-state index in [1.54, 1.807) is 11.9 Å². The van der Waals surface area contributed by atoms with Gasteiger partial charge < -0.3 is 9.64 Å². The Labute approximate surface area is 126 Å². The number of rotatable bonds is 4. The Morgan fingerprint density at radius 1 is 1.10 bits per heavy atom. The predicted octanol–water partition coefficient (Wildman–Crippen LogP) is 3.65. The molecule has 0 unspecified atom stereocenters. The fraction of sp³-hybridized carbons (Fsp3) is 0.278. The second-order valence-electron chi connectivity index (χ2n) is 5.28. The Morgan fingerprint density at radius 3 is 2.43 bits per heavy atom. The van der Waals surface area contributed by atoms with Crippen LogP contribution in [0.15, 0.2) is 42.5 Å². The predicted molar refractivity (Wildman–Crippen MR) is 86.0 cm³/mol. The van der Waals surface area contributed by atoms with E-state index < -0.39 is 0 Å². The fourth-order valence-electron chi connectivity index (χ4n) is 2.18. The number of ether oxygens (including phenoxy) is 1. The van der Waals surface area contributed by atoms with Gasteiger partial charge in [-0.15, -0.1) is 0 Å². The summed E-state index contributed by atoms with van der Waals surface area (Å²) in [6, 6.07) is 13.6. The lowest BCUT2D eigenvalue weighted by Gasteiger charge is -2.18. The molecule has 3 nitrogen and oxygen atoms in total. The highest BCUT2D eigenvalue weighted by Gasteiger charge is 2.12. The summed E-state index contributed by atoms with van der Waals surface area (Å²) in [5.74, 6) is 0.710. The number of aryl methyl sites for hydroxylation is 2. The van der Waals surface area contributed by atoms with E-state index in [4.69, 9.17) is 4.74 Å². The number of likely N-dealkylation sites (N-methyl/N-ethyl adjacent to an activating group) is 1. The molecule has 2 rings (SSSR count). The number of hydrogen-bond donors (Lipinski definition) is 0. The molecule has 0 fully saturated rings. The smallest absolute Gasteiger partial charge is 0.264 e. The number of para-hydroxylation sites is 1. The van der Waals surface area contributed by atoms with Crippen LogP contribution in [0.4, 0.5) is 5.69 Å². The van der Waals surface area contributed by atoms with Crippen LogP contribution in [0.3, 0.4) is 0 Å². The highest BCUT2D eigenvalue weighted by molar-refractivity contribution is 5.93. The van der Waals surface area contributed by atoms with Gasteiger partial charge in [-0.25, -0.2) is 0 Å². The van der Waals surface area contributed by atoms with Crippen LogP contribution in [0.25, 0.3) is 0 Å². The maximum atomic E-state index is 12.2. The average Bonchev–Trinajstić information content (AvgIpc) is 2.49. The molecular weight excluding hydrogens is 262 g/mol. The van der Waals surface area contributed by atoms with E-state index >= 15 is 0 Å². The molecule has 0 aromatic heterocycles. The number of amides is 1. The van der Waals surface area contributed by atoms with Crippen LogP contribution < -0.4 is 9.64 Å². The van der Waals surface area contributed by atoms with Crippen molar-refractivity contribution < 1.29 is 9.53 Å². The lowest BCUT2D eigenvalue weighted by molar-refractivity contribution is -0.120. The normalized spacial score (nSPS) is 10.3. The SMILES string of the molecule is Cc1cc(C)c(C)c(OCC(=O)N(C)c2ccccc2)c1. The fourth-order valence-corrected chi connectivity index (χ4v) is 2.18. The first-order valence-electron chi connectivity index (χ1n) is 7.01. The van der Waals surface area contributed by atoms with Gasteiger partial charge in [-0.1, -0.05) is 24.3 Å². The summed E-state index contributed by atoms with van der Waals surface area (Å²) in [7, 11) is 1.76. The van der Waals surface area contributed by atoms with Crippen molar-refractivity contribution in [2.45, 2.75) is 20.8 Å². The molecule has 0 saturated carbocycles. The maximum Gasteiger partial charge on any atom is 0.264 e. The third kappa shape index (κ3) is 3.63. The standard InChI is InChI=1S/C18H21NO2/c1-13-10-14(2)15(3)17(11-13)21-12-18(20)19(4)16-8-6-5-7-9-16/h5-11H,12H2,1-4H3. The third-order valence-electron chi connectivity index (χ3n) is 3.63. The molecule has 0 heterocycles. The third-order valence-corrected chi connectivity index (χ3v) is 3.63. The first-order chi connectivity index (χ1) is 9.99. The number of carbonyl (C=O) groups excluding carboxylic acids is 1. The molecule has 21 heavy (non-hydrogen) atoms. The summed E-state index contributed by atoms with van der Waals surface area (Å²) in [5.41, 5.74) is 4.25. The van der Waals surface area contributed by atoms with Gasteiger partial charge in [-0.3, -0.25) is 4.79 Å². The van der Waals surface area contributed by atoms with E-state index in [2.05, 4.69) is 6.07 Å². The van der Waals surface area contributed by atoms with Gasteiger partial charge in [0.25, 0.3) is 5.91 Å². The van der Waals surface area contributed by atoms with Crippen LogP contribution in [0.1, 0.15) is 16.7 Å². The van der Waals surface area contributed by atoms with Crippen LogP contribution in [0.2, 0.25) is 0 Å². The molecule has 2 aromatic rings. The van der Waals surface area contributed by atoms with E-state index in [-0.39, 0.29) is 12.5 Å². The van der Waals surface area contributed by atoms with Gasteiger partial charge in [0.05, 0.1) is 0 Å². The van der Waals surface area contributed by atoms with Crippen molar-refractivity contribution >= 4 is 11.6 Å². The first-order valence-corrected chi connectivity index (χ1v) is 7.01. The van der Waals surface area contributed by atoms with E-state index in [9.17, 15) is 4.79 Å². The van der Waals surface area contributed by atoms with Crippen LogP contribution in [0.5, 0.6) is 5.75 Å². The Balaban J connectivity index is 2.05. The van der Waals surface area contributed by atoms with Gasteiger partial charge in [-0.2, -0.15) is 0 Å². The monoisotopic (exact) mass is 283 g/mol. The van der Waals surface area contributed by atoms with Gasteiger partial charge in [-0.05, 0) is 55.7 Å². The van der Waals surface area contributed by atoms with Gasteiger partial charge in [0, 0.05) is 12.7 Å². The molecule has 0 bridgehead atoms. The largest absolute Gasteiger partial charge is 0.483 e. The summed E-state index contributed by atoms with van der Waals surface area (Å²) < 4.78 is 5.71. The first kappa shape index (κ1) is 15.1. The number of hydrogen-bond acceptors (Lipinski definition) is 2. The lowest BCUT2D eigenvalue weighted by atomic mass is 10.1. The van der Waals surface area contributed by atoms with Crippen LogP contribution in [0, 0.1) is 20.8 Å². The van der Waals surface area contributed by atoms with E-state index in [1.807, 2.05) is 57.2 Å². The summed E-state index contributed by atoms with van der Waals surface area (Å²) in [5, 5.41) is 0. The lowest BCUT2D eigenvalue weighted by Crippen LogP contribution is -2.31. The van der Waals surface area contributed by atoms with Gasteiger partial charge in [0.2, 0.25) is 0 Å². The van der Waals surface area contributed by atoms with Crippen molar-refractivity contribution in [3.63, 3.8) is 0 Å². The minimum atomic E-state index is -0.0697. The van der Waals surface area contributed by atoms with Gasteiger partial charge in [0.1, 0.15) is 5.75 Å². The molecule has 3 heteroatoms. The molecule has 0 saturated heterocycles. The van der Waals surface area contributed by atoms with Gasteiger partial charge in [0.15, 0.2) is 6.61 Å². The van der Waals surface area contributed by atoms with Gasteiger partial charge >= 0.3 is 0 Å². The van der Waals surface area contributed by atoms with E-state index in [0.29, 0.717) is 0 Å². The van der Waals surface area contributed by atoms with Crippen molar-refractivity contribution in [2.75, 3.05) is 18.6 Å². The molecule has 0 atom stereocenters. The number of benzene rings is 2. The summed E-state index contributed by atoms with van der Waals surface area (Å²) in [4.78, 5) is 13.8. The zero-order chi connectivity index (χ0) is 15.4. The zero-order valence-corrected chi connectivity index (χ0v) is 13.0. The number of nitrogens with zero attached hydrogens (tertiary/aromatic N) is 1. The maximum absolute atomic E-state index is 12.2. The van der Waals surface area contributed by atoms with Crippen LogP contribution in [-0.2, 0) is 4.79 Å². The Kier molecular flexibility index (Phi) is 4.63. The number of anilines is 1. The van der Waals surface area contributed by atoms with Crippen molar-refractivity contribution in [3.05, 3.63) is 59.2 Å². The Bertz CT molecular complexity index is 635. The van der Waals surface area contributed by atoms with Crippen molar-refractivity contribution in [3.8, 4) is 5.75 Å². The molecule has 110 valence electrons. The molecule has 2 aromatic carbocycles. The quantitative estimate of drug-likeness (QED) is 0.857. The van der Waals surface area contributed by atoms with E-state index in [0.717, 1.165) is 22.6 Å². The molecule has 0 aliphatic heterocycles. The molecule has 0 radical (unpaired) electrons. The Morgan fingerprint density at radius 2 is 1.76 bits per heavy atom. The summed E-state index contributed by atoms with van der Waals surface area (Å²) in [6.07, 6.45) is 0. The minimum absolute atomic E-state index is 0.0368. The number of carbonyl (C=O) groups is 1. The Hall–Kier alpha value is -2.29. The highest BCUT2D eigenvalue weighted by atomic mass is 16.5. The molecule has 0 spiro atoms. The summed E-state index contributed by atoms with van der Waals surface area (Å²) in [6.45, 7) is 6.12. The van der Waals surface area contributed by atoms with Crippen molar-refractivity contribution in [1.29, 1.82) is 0 Å². The van der Waals surface area contributed by atoms with Crippen molar-refractivity contribution in [1.82, 2.24) is 0 Å². The second kappa shape index (κ2) is 6.44. The van der Waals surface area contributed by atoms with Crippen molar-refractivity contribution in [2.24, 2.45) is 0 Å². The molecule has 0 aliphatic carbocycles. The molecular formula is C18H21NO2. The van der Waals surface area contributed by atoms with Crippen LogP contribution >= 0.6 is 0 Å². The second-order valence-corrected chi connectivity index (χ2v) is 5.28. The highest BCUT2D eigenvalue weighted by Crippen LogP contribution is 2.23. The summed E-state index contributed by atoms with van der Waals surface area (Å²) >= 11 is 0. The molecule has 0 N–H and O–H groups in total. The molecule has 0 aliphatic rings.